The molecule has 0 bridgehead atoms. The quantitative estimate of drug-likeness (QED) is 0.855. The van der Waals surface area contributed by atoms with Crippen LogP contribution in [0.5, 0.6) is 0 Å². The number of rotatable bonds is 4. The second kappa shape index (κ2) is 6.12. The van der Waals surface area contributed by atoms with Crippen molar-refractivity contribution in [2.75, 3.05) is 19.6 Å². The van der Waals surface area contributed by atoms with Crippen LogP contribution < -0.4 is 11.1 Å². The Morgan fingerprint density at radius 1 is 1.53 bits per heavy atom. The average Bonchev–Trinajstić information content (AvgIpc) is 2.80. The van der Waals surface area contributed by atoms with E-state index in [1.807, 2.05) is 0 Å². The molecule has 1 aromatic rings. The first-order valence-electron chi connectivity index (χ1n) is 6.57. The number of likely N-dealkylation sites (tertiary alicyclic amines) is 1. The largest absolute Gasteiger partial charge is 0.352 e. The Morgan fingerprint density at radius 3 is 2.79 bits per heavy atom. The Labute approximate surface area is 112 Å². The molecule has 2 unspecified atom stereocenters. The highest BCUT2D eigenvalue weighted by atomic mass is 19.1. The molecule has 5 heteroatoms. The highest BCUT2D eigenvalue weighted by Gasteiger charge is 2.28. The van der Waals surface area contributed by atoms with Crippen LogP contribution in [0.4, 0.5) is 4.39 Å². The SMILES string of the molecule is CC(=O)NC1CCN(C(CN)c2ccc(F)cc2)C1. The van der Waals surface area contributed by atoms with Gasteiger partial charge in [-0.1, -0.05) is 12.1 Å². The van der Waals surface area contributed by atoms with Crippen molar-refractivity contribution < 1.29 is 9.18 Å². The Kier molecular flexibility index (Phi) is 4.50. The number of nitrogens with two attached hydrogens (primary N) is 1. The van der Waals surface area contributed by atoms with Crippen molar-refractivity contribution in [3.05, 3.63) is 35.6 Å². The number of carbonyl (C=O) groups is 1. The molecular formula is C14H20FN3O. The summed E-state index contributed by atoms with van der Waals surface area (Å²) in [6.07, 6.45) is 0.928. The molecule has 0 aromatic heterocycles. The number of nitrogens with one attached hydrogen (secondary N) is 1. The molecule has 2 rings (SSSR count). The molecular weight excluding hydrogens is 245 g/mol. The molecule has 3 N–H and O–H groups in total. The molecule has 1 saturated heterocycles. The summed E-state index contributed by atoms with van der Waals surface area (Å²) in [4.78, 5) is 13.3. The van der Waals surface area contributed by atoms with Crippen LogP contribution in [0, 0.1) is 5.82 Å². The van der Waals surface area contributed by atoms with E-state index in [4.69, 9.17) is 5.73 Å². The molecule has 1 aliphatic rings. The van der Waals surface area contributed by atoms with Gasteiger partial charge in [0, 0.05) is 38.6 Å². The predicted molar refractivity (Wildman–Crippen MR) is 72.0 cm³/mol. The molecule has 1 amide bonds. The summed E-state index contributed by atoms with van der Waals surface area (Å²) < 4.78 is 12.9. The summed E-state index contributed by atoms with van der Waals surface area (Å²) >= 11 is 0. The van der Waals surface area contributed by atoms with Gasteiger partial charge in [-0.25, -0.2) is 4.39 Å². The molecule has 1 aliphatic heterocycles. The van der Waals surface area contributed by atoms with Crippen LogP contribution in [0.3, 0.4) is 0 Å². The van der Waals surface area contributed by atoms with E-state index in [0.29, 0.717) is 6.54 Å². The topological polar surface area (TPSA) is 58.4 Å². The summed E-state index contributed by atoms with van der Waals surface area (Å²) in [6, 6.07) is 6.74. The fraction of sp³-hybridized carbons (Fsp3) is 0.500. The van der Waals surface area contributed by atoms with E-state index in [1.165, 1.54) is 19.1 Å². The minimum atomic E-state index is -0.239. The van der Waals surface area contributed by atoms with E-state index in [9.17, 15) is 9.18 Å². The number of hydrogen-bond acceptors (Lipinski definition) is 3. The summed E-state index contributed by atoms with van der Waals surface area (Å²) in [5, 5.41) is 2.93. The molecule has 1 fully saturated rings. The third-order valence-corrected chi connectivity index (χ3v) is 3.55. The van der Waals surface area contributed by atoms with Gasteiger partial charge in [-0.2, -0.15) is 0 Å². The summed E-state index contributed by atoms with van der Waals surface area (Å²) in [5.74, 6) is -0.241. The fourth-order valence-electron chi connectivity index (χ4n) is 2.66. The van der Waals surface area contributed by atoms with Crippen LogP contribution in [-0.2, 0) is 4.79 Å². The first kappa shape index (κ1) is 14.0. The van der Waals surface area contributed by atoms with Crippen molar-refractivity contribution in [2.45, 2.75) is 25.4 Å². The highest BCUT2D eigenvalue weighted by Crippen LogP contribution is 2.24. The van der Waals surface area contributed by atoms with Gasteiger partial charge in [-0.15, -0.1) is 0 Å². The lowest BCUT2D eigenvalue weighted by Crippen LogP contribution is -2.38. The predicted octanol–water partition coefficient (Wildman–Crippen LogP) is 1.04. The third-order valence-electron chi connectivity index (χ3n) is 3.55. The molecule has 2 atom stereocenters. The zero-order valence-corrected chi connectivity index (χ0v) is 11.1. The monoisotopic (exact) mass is 265 g/mol. The van der Waals surface area contributed by atoms with Gasteiger partial charge in [0.1, 0.15) is 5.82 Å². The Morgan fingerprint density at radius 2 is 2.21 bits per heavy atom. The van der Waals surface area contributed by atoms with E-state index in [-0.39, 0.29) is 23.8 Å². The third kappa shape index (κ3) is 3.52. The smallest absolute Gasteiger partial charge is 0.217 e. The summed E-state index contributed by atoms with van der Waals surface area (Å²) in [5.41, 5.74) is 6.87. The summed E-state index contributed by atoms with van der Waals surface area (Å²) in [6.45, 7) is 3.70. The van der Waals surface area contributed by atoms with Gasteiger partial charge in [0.2, 0.25) is 5.91 Å². The molecule has 19 heavy (non-hydrogen) atoms. The van der Waals surface area contributed by atoms with E-state index in [2.05, 4.69) is 10.2 Å². The Bertz CT molecular complexity index is 435. The van der Waals surface area contributed by atoms with Crippen molar-refractivity contribution in [3.63, 3.8) is 0 Å². The number of hydrogen-bond donors (Lipinski definition) is 2. The Balaban J connectivity index is 2.03. The van der Waals surface area contributed by atoms with Gasteiger partial charge in [-0.05, 0) is 24.1 Å². The summed E-state index contributed by atoms with van der Waals surface area (Å²) in [7, 11) is 0. The van der Waals surface area contributed by atoms with Crippen LogP contribution in [0.15, 0.2) is 24.3 Å². The maximum absolute atomic E-state index is 12.9. The molecule has 0 spiro atoms. The van der Waals surface area contributed by atoms with Crippen LogP contribution in [0.1, 0.15) is 24.9 Å². The first-order valence-corrected chi connectivity index (χ1v) is 6.57. The number of halogens is 1. The molecule has 0 aliphatic carbocycles. The van der Waals surface area contributed by atoms with Gasteiger partial charge >= 0.3 is 0 Å². The molecule has 1 heterocycles. The van der Waals surface area contributed by atoms with Gasteiger partial charge in [0.25, 0.3) is 0 Å². The van der Waals surface area contributed by atoms with Gasteiger partial charge in [0.15, 0.2) is 0 Å². The number of carbonyl (C=O) groups excluding carboxylic acids is 1. The normalized spacial score (nSPS) is 21.3. The molecule has 0 saturated carbocycles. The molecule has 0 radical (unpaired) electrons. The second-order valence-corrected chi connectivity index (χ2v) is 4.98. The molecule has 4 nitrogen and oxygen atoms in total. The molecule has 1 aromatic carbocycles. The van der Waals surface area contributed by atoms with Crippen LogP contribution in [0.25, 0.3) is 0 Å². The van der Waals surface area contributed by atoms with Crippen molar-refractivity contribution in [2.24, 2.45) is 5.73 Å². The van der Waals surface area contributed by atoms with Gasteiger partial charge in [-0.3, -0.25) is 9.69 Å². The lowest BCUT2D eigenvalue weighted by Gasteiger charge is -2.27. The van der Waals surface area contributed by atoms with Crippen molar-refractivity contribution in [1.82, 2.24) is 10.2 Å². The zero-order valence-electron chi connectivity index (χ0n) is 11.1. The van der Waals surface area contributed by atoms with E-state index >= 15 is 0 Å². The number of nitrogens with zero attached hydrogens (tertiary/aromatic N) is 1. The van der Waals surface area contributed by atoms with Crippen LogP contribution >= 0.6 is 0 Å². The van der Waals surface area contributed by atoms with Crippen molar-refractivity contribution in [3.8, 4) is 0 Å². The maximum Gasteiger partial charge on any atom is 0.217 e. The van der Waals surface area contributed by atoms with Gasteiger partial charge < -0.3 is 11.1 Å². The first-order chi connectivity index (χ1) is 9.10. The fourth-order valence-corrected chi connectivity index (χ4v) is 2.66. The second-order valence-electron chi connectivity index (χ2n) is 4.98. The van der Waals surface area contributed by atoms with Crippen molar-refractivity contribution in [1.29, 1.82) is 0 Å². The lowest BCUT2D eigenvalue weighted by molar-refractivity contribution is -0.119. The standard InChI is InChI=1S/C14H20FN3O/c1-10(19)17-13-6-7-18(9-13)14(8-16)11-2-4-12(15)5-3-11/h2-5,13-14H,6-9,16H2,1H3,(H,17,19). The maximum atomic E-state index is 12.9. The number of benzene rings is 1. The zero-order chi connectivity index (χ0) is 13.8. The average molecular weight is 265 g/mol. The van der Waals surface area contributed by atoms with E-state index < -0.39 is 0 Å². The Hall–Kier alpha value is -1.46. The van der Waals surface area contributed by atoms with Gasteiger partial charge in [0.05, 0.1) is 0 Å². The van der Waals surface area contributed by atoms with Crippen LogP contribution in [0.2, 0.25) is 0 Å². The van der Waals surface area contributed by atoms with E-state index in [1.54, 1.807) is 12.1 Å². The number of amides is 1. The van der Waals surface area contributed by atoms with E-state index in [0.717, 1.165) is 25.1 Å². The minimum absolute atomic E-state index is 0.00192. The van der Waals surface area contributed by atoms with Crippen molar-refractivity contribution >= 4 is 5.91 Å². The minimum Gasteiger partial charge on any atom is -0.352 e. The lowest BCUT2D eigenvalue weighted by atomic mass is 10.1. The molecule has 104 valence electrons. The van der Waals surface area contributed by atoms with Crippen LogP contribution in [-0.4, -0.2) is 36.5 Å². The highest BCUT2D eigenvalue weighted by molar-refractivity contribution is 5.73.